The smallest absolute Gasteiger partial charge is 0.322 e. The molecule has 1 saturated heterocycles. The van der Waals surface area contributed by atoms with Gasteiger partial charge in [-0.3, -0.25) is 4.79 Å². The van der Waals surface area contributed by atoms with Crippen LogP contribution in [0.5, 0.6) is 0 Å². The number of carboxylic acids is 1. The van der Waals surface area contributed by atoms with Crippen LogP contribution >= 0.6 is 0 Å². The molecule has 17 heavy (non-hydrogen) atoms. The van der Waals surface area contributed by atoms with Gasteiger partial charge in [-0.2, -0.15) is 0 Å². The molecule has 2 unspecified atom stereocenters. The zero-order valence-corrected chi connectivity index (χ0v) is 11.0. The van der Waals surface area contributed by atoms with E-state index in [9.17, 15) is 13.2 Å². The van der Waals surface area contributed by atoms with Gasteiger partial charge in [0.2, 0.25) is 0 Å². The molecule has 0 aliphatic carbocycles. The van der Waals surface area contributed by atoms with Crippen molar-refractivity contribution < 1.29 is 18.3 Å². The normalized spacial score (nSPS) is 25.0. The van der Waals surface area contributed by atoms with E-state index in [1.165, 1.54) is 0 Å². The van der Waals surface area contributed by atoms with Crippen molar-refractivity contribution >= 4 is 15.8 Å². The number of aliphatic carboxylic acids is 1. The Bertz CT molecular complexity index is 369. The Kier molecular flexibility index (Phi) is 4.91. The van der Waals surface area contributed by atoms with Gasteiger partial charge in [-0.15, -0.1) is 0 Å². The predicted molar refractivity (Wildman–Crippen MR) is 64.8 cm³/mol. The van der Waals surface area contributed by atoms with Gasteiger partial charge < -0.3 is 15.3 Å². The highest BCUT2D eigenvalue weighted by Crippen LogP contribution is 2.16. The maximum atomic E-state index is 11.3. The molecule has 7 heteroatoms. The van der Waals surface area contributed by atoms with Crippen LogP contribution in [-0.4, -0.2) is 68.1 Å². The zero-order chi connectivity index (χ0) is 13.1. The van der Waals surface area contributed by atoms with E-state index in [4.69, 9.17) is 5.11 Å². The summed E-state index contributed by atoms with van der Waals surface area (Å²) < 4.78 is 22.7. The first-order valence-electron chi connectivity index (χ1n) is 5.72. The Hall–Kier alpha value is -0.660. The molecule has 100 valence electrons. The van der Waals surface area contributed by atoms with Gasteiger partial charge in [0, 0.05) is 12.6 Å². The van der Waals surface area contributed by atoms with Gasteiger partial charge >= 0.3 is 5.97 Å². The van der Waals surface area contributed by atoms with Gasteiger partial charge in [0.05, 0.1) is 11.5 Å². The lowest BCUT2D eigenvalue weighted by atomic mass is 10.2. The van der Waals surface area contributed by atoms with Crippen LogP contribution in [0.4, 0.5) is 0 Å². The number of carbonyl (C=O) groups is 1. The lowest BCUT2D eigenvalue weighted by molar-refractivity contribution is -0.140. The van der Waals surface area contributed by atoms with E-state index >= 15 is 0 Å². The van der Waals surface area contributed by atoms with Crippen molar-refractivity contribution in [2.24, 2.45) is 0 Å². The summed E-state index contributed by atoms with van der Waals surface area (Å²) in [6, 6.07) is -0.700. The summed E-state index contributed by atoms with van der Waals surface area (Å²) >= 11 is 0. The molecule has 6 nitrogen and oxygen atoms in total. The minimum Gasteiger partial charge on any atom is -0.480 e. The fraction of sp³-hybridized carbons (Fsp3) is 0.900. The summed E-state index contributed by atoms with van der Waals surface area (Å²) in [5.41, 5.74) is 0. The monoisotopic (exact) mass is 264 g/mol. The van der Waals surface area contributed by atoms with Crippen molar-refractivity contribution in [2.75, 3.05) is 31.6 Å². The van der Waals surface area contributed by atoms with Crippen molar-refractivity contribution in [1.82, 2.24) is 10.2 Å². The lowest BCUT2D eigenvalue weighted by Crippen LogP contribution is -2.48. The van der Waals surface area contributed by atoms with E-state index in [1.54, 1.807) is 7.05 Å². The van der Waals surface area contributed by atoms with Crippen molar-refractivity contribution in [1.29, 1.82) is 0 Å². The largest absolute Gasteiger partial charge is 0.480 e. The SMILES string of the molecule is CCNC(CN(C)C1CCS(=O)(=O)C1)C(=O)O. The fourth-order valence-corrected chi connectivity index (χ4v) is 3.84. The Morgan fingerprint density at radius 3 is 2.65 bits per heavy atom. The highest BCUT2D eigenvalue weighted by atomic mass is 32.2. The van der Waals surface area contributed by atoms with Crippen LogP contribution in [0.3, 0.4) is 0 Å². The van der Waals surface area contributed by atoms with E-state index in [-0.39, 0.29) is 17.5 Å². The van der Waals surface area contributed by atoms with Crippen LogP contribution in [0.1, 0.15) is 13.3 Å². The number of hydrogen-bond donors (Lipinski definition) is 2. The summed E-state index contributed by atoms with van der Waals surface area (Å²) in [4.78, 5) is 12.8. The van der Waals surface area contributed by atoms with Crippen molar-refractivity contribution in [2.45, 2.75) is 25.4 Å². The van der Waals surface area contributed by atoms with Crippen LogP contribution in [0, 0.1) is 0 Å². The van der Waals surface area contributed by atoms with E-state index in [2.05, 4.69) is 5.32 Å². The highest BCUT2D eigenvalue weighted by Gasteiger charge is 2.32. The van der Waals surface area contributed by atoms with Crippen molar-refractivity contribution in [3.63, 3.8) is 0 Å². The molecule has 0 aromatic heterocycles. The van der Waals surface area contributed by atoms with Crippen molar-refractivity contribution in [3.8, 4) is 0 Å². The molecule has 0 aromatic carbocycles. The van der Waals surface area contributed by atoms with Crippen LogP contribution in [0.25, 0.3) is 0 Å². The zero-order valence-electron chi connectivity index (χ0n) is 10.2. The molecule has 2 N–H and O–H groups in total. The second kappa shape index (κ2) is 5.79. The molecule has 1 aliphatic heterocycles. The van der Waals surface area contributed by atoms with Gasteiger partial charge in [0.25, 0.3) is 0 Å². The number of likely N-dealkylation sites (N-methyl/N-ethyl adjacent to an activating group) is 2. The molecule has 0 radical (unpaired) electrons. The summed E-state index contributed by atoms with van der Waals surface area (Å²) in [5.74, 6) is -0.553. The maximum absolute atomic E-state index is 11.3. The molecule has 0 spiro atoms. The predicted octanol–water partition coefficient (Wildman–Crippen LogP) is -0.832. The molecule has 0 aromatic rings. The Balaban J connectivity index is 2.53. The Labute approximate surface area is 102 Å². The third-order valence-electron chi connectivity index (χ3n) is 3.05. The first-order chi connectivity index (χ1) is 7.85. The molecule has 1 rings (SSSR count). The van der Waals surface area contributed by atoms with Gasteiger partial charge in [-0.05, 0) is 20.0 Å². The van der Waals surface area contributed by atoms with Gasteiger partial charge in [0.1, 0.15) is 6.04 Å². The summed E-state index contributed by atoms with van der Waals surface area (Å²) in [6.07, 6.45) is 0.595. The molecule has 0 bridgehead atoms. The molecular weight excluding hydrogens is 244 g/mol. The minimum atomic E-state index is -2.92. The molecule has 1 heterocycles. The molecule has 2 atom stereocenters. The number of sulfone groups is 1. The second-order valence-corrected chi connectivity index (χ2v) is 6.67. The van der Waals surface area contributed by atoms with Gasteiger partial charge in [-0.25, -0.2) is 8.42 Å². The van der Waals surface area contributed by atoms with Gasteiger partial charge in [0.15, 0.2) is 9.84 Å². The van der Waals surface area contributed by atoms with Crippen LogP contribution < -0.4 is 5.32 Å². The standard InChI is InChI=1S/C10H20N2O4S/c1-3-11-9(10(13)14)6-12(2)8-4-5-17(15,16)7-8/h8-9,11H,3-7H2,1-2H3,(H,13,14). The number of rotatable bonds is 6. The first kappa shape index (κ1) is 14.4. The fourth-order valence-electron chi connectivity index (χ4n) is 2.04. The third-order valence-corrected chi connectivity index (χ3v) is 4.80. The highest BCUT2D eigenvalue weighted by molar-refractivity contribution is 7.91. The van der Waals surface area contributed by atoms with Crippen LogP contribution in [0.2, 0.25) is 0 Å². The Morgan fingerprint density at radius 2 is 2.24 bits per heavy atom. The summed E-state index contributed by atoms with van der Waals surface area (Å²) in [5, 5.41) is 11.9. The third kappa shape index (κ3) is 4.25. The average Bonchev–Trinajstić information content (AvgIpc) is 2.58. The minimum absolute atomic E-state index is 0.0551. The molecule has 0 saturated carbocycles. The lowest BCUT2D eigenvalue weighted by Gasteiger charge is -2.26. The average molecular weight is 264 g/mol. The topological polar surface area (TPSA) is 86.7 Å². The molecule has 1 aliphatic rings. The van der Waals surface area contributed by atoms with E-state index in [0.717, 1.165) is 0 Å². The van der Waals surface area contributed by atoms with Crippen LogP contribution in [0.15, 0.2) is 0 Å². The van der Waals surface area contributed by atoms with E-state index in [0.29, 0.717) is 19.5 Å². The van der Waals surface area contributed by atoms with E-state index in [1.807, 2.05) is 11.8 Å². The quantitative estimate of drug-likeness (QED) is 0.651. The number of nitrogens with zero attached hydrogens (tertiary/aromatic N) is 1. The molecular formula is C10H20N2O4S. The summed E-state index contributed by atoms with van der Waals surface area (Å²) in [7, 11) is -1.14. The number of carboxylic acid groups (broad SMARTS) is 1. The van der Waals surface area contributed by atoms with Crippen LogP contribution in [-0.2, 0) is 14.6 Å². The van der Waals surface area contributed by atoms with Crippen molar-refractivity contribution in [3.05, 3.63) is 0 Å². The Morgan fingerprint density at radius 1 is 1.59 bits per heavy atom. The summed E-state index contributed by atoms with van der Waals surface area (Å²) in [6.45, 7) is 2.74. The number of hydrogen-bond acceptors (Lipinski definition) is 5. The molecule has 1 fully saturated rings. The molecule has 0 amide bonds. The van der Waals surface area contributed by atoms with E-state index < -0.39 is 21.8 Å². The second-order valence-electron chi connectivity index (χ2n) is 4.44. The number of nitrogens with one attached hydrogen (secondary N) is 1. The maximum Gasteiger partial charge on any atom is 0.322 e. The first-order valence-corrected chi connectivity index (χ1v) is 7.54. The van der Waals surface area contributed by atoms with Gasteiger partial charge in [-0.1, -0.05) is 6.92 Å².